The predicted molar refractivity (Wildman–Crippen MR) is 88.3 cm³/mol. The lowest BCUT2D eigenvalue weighted by Gasteiger charge is -2.30. The minimum Gasteiger partial charge on any atom is -0.457 e. The van der Waals surface area contributed by atoms with Gasteiger partial charge in [-0.1, -0.05) is 24.3 Å². The summed E-state index contributed by atoms with van der Waals surface area (Å²) in [6.45, 7) is 4.58. The van der Waals surface area contributed by atoms with Gasteiger partial charge in [-0.3, -0.25) is 4.90 Å². The lowest BCUT2D eigenvalue weighted by atomic mass is 9.97. The number of nitrogens with one attached hydrogen (secondary N) is 1. The van der Waals surface area contributed by atoms with Gasteiger partial charge in [-0.2, -0.15) is 0 Å². The maximum Gasteiger partial charge on any atom is 0.134 e. The molecule has 0 saturated carbocycles. The van der Waals surface area contributed by atoms with Crippen LogP contribution in [0.5, 0.6) is 0 Å². The fourth-order valence-electron chi connectivity index (χ4n) is 3.06. The van der Waals surface area contributed by atoms with Crippen LogP contribution in [0.15, 0.2) is 40.8 Å². The highest BCUT2D eigenvalue weighted by atomic mass is 16.3. The zero-order valence-electron chi connectivity index (χ0n) is 12.7. The van der Waals surface area contributed by atoms with Crippen molar-refractivity contribution in [1.29, 1.82) is 0 Å². The number of fused-ring (bicyclic) bond motifs is 1. The molecule has 0 aliphatic carbocycles. The van der Waals surface area contributed by atoms with Gasteiger partial charge in [0.05, 0.1) is 0 Å². The Labute approximate surface area is 126 Å². The fraction of sp³-hybridized carbons (Fsp3) is 0.444. The summed E-state index contributed by atoms with van der Waals surface area (Å²) < 4.78 is 5.79. The second-order valence-corrected chi connectivity index (χ2v) is 5.89. The van der Waals surface area contributed by atoms with Gasteiger partial charge in [-0.25, -0.2) is 0 Å². The standard InChI is InChI=1S/C18H24N2O/c1-19-14-15-8-11-20(12-9-15)10-4-6-17-13-16-5-2-3-7-18(16)21-17/h2-7,13,15,19H,8-12,14H2,1H3/b6-4+. The van der Waals surface area contributed by atoms with Crippen molar-refractivity contribution in [3.63, 3.8) is 0 Å². The summed E-state index contributed by atoms with van der Waals surface area (Å²) in [4.78, 5) is 2.52. The molecule has 112 valence electrons. The Morgan fingerprint density at radius 1 is 1.29 bits per heavy atom. The first-order valence-electron chi connectivity index (χ1n) is 7.87. The topological polar surface area (TPSA) is 28.4 Å². The third-order valence-corrected chi connectivity index (χ3v) is 4.29. The predicted octanol–water partition coefficient (Wildman–Crippen LogP) is 3.38. The molecule has 2 aromatic rings. The van der Waals surface area contributed by atoms with Gasteiger partial charge in [0.25, 0.3) is 0 Å². The fourth-order valence-corrected chi connectivity index (χ4v) is 3.06. The van der Waals surface area contributed by atoms with Crippen molar-refractivity contribution in [2.75, 3.05) is 33.2 Å². The Hall–Kier alpha value is -1.58. The molecule has 21 heavy (non-hydrogen) atoms. The third-order valence-electron chi connectivity index (χ3n) is 4.29. The number of hydrogen-bond acceptors (Lipinski definition) is 3. The lowest BCUT2D eigenvalue weighted by molar-refractivity contribution is 0.200. The molecular weight excluding hydrogens is 260 g/mol. The van der Waals surface area contributed by atoms with Crippen molar-refractivity contribution < 1.29 is 4.42 Å². The van der Waals surface area contributed by atoms with Crippen molar-refractivity contribution in [3.05, 3.63) is 42.2 Å². The molecule has 0 radical (unpaired) electrons. The number of furan rings is 1. The minimum atomic E-state index is 0.852. The van der Waals surface area contributed by atoms with Crippen LogP contribution in [0, 0.1) is 5.92 Å². The molecule has 2 heterocycles. The third kappa shape index (κ3) is 3.74. The van der Waals surface area contributed by atoms with Crippen LogP contribution in [-0.2, 0) is 0 Å². The van der Waals surface area contributed by atoms with E-state index >= 15 is 0 Å². The van der Waals surface area contributed by atoms with E-state index in [1.807, 2.05) is 25.2 Å². The van der Waals surface area contributed by atoms with E-state index in [0.717, 1.165) is 30.4 Å². The molecule has 1 aliphatic rings. The monoisotopic (exact) mass is 284 g/mol. The average Bonchev–Trinajstić information content (AvgIpc) is 2.92. The molecule has 3 rings (SSSR count). The van der Waals surface area contributed by atoms with Crippen molar-refractivity contribution in [1.82, 2.24) is 10.2 Å². The summed E-state index contributed by atoms with van der Waals surface area (Å²) in [5, 5.41) is 4.46. The van der Waals surface area contributed by atoms with Gasteiger partial charge in [0.1, 0.15) is 11.3 Å². The molecule has 0 unspecified atom stereocenters. The number of benzene rings is 1. The summed E-state index contributed by atoms with van der Waals surface area (Å²) in [5.74, 6) is 1.80. The van der Waals surface area contributed by atoms with Crippen LogP contribution in [0.3, 0.4) is 0 Å². The summed E-state index contributed by atoms with van der Waals surface area (Å²) in [5.41, 5.74) is 0.963. The molecule has 0 spiro atoms. The number of hydrogen-bond donors (Lipinski definition) is 1. The summed E-state index contributed by atoms with van der Waals surface area (Å²) in [6, 6.07) is 10.3. The van der Waals surface area contributed by atoms with E-state index in [0.29, 0.717) is 0 Å². The number of rotatable bonds is 5. The van der Waals surface area contributed by atoms with E-state index in [2.05, 4.69) is 34.5 Å². The zero-order chi connectivity index (χ0) is 14.5. The van der Waals surface area contributed by atoms with E-state index in [4.69, 9.17) is 4.42 Å². The van der Waals surface area contributed by atoms with E-state index in [-0.39, 0.29) is 0 Å². The Morgan fingerprint density at radius 3 is 2.86 bits per heavy atom. The molecule has 0 atom stereocenters. The van der Waals surface area contributed by atoms with Crippen LogP contribution in [0.2, 0.25) is 0 Å². The molecule has 0 amide bonds. The molecule has 1 N–H and O–H groups in total. The molecule has 1 aromatic carbocycles. The summed E-state index contributed by atoms with van der Waals surface area (Å²) >= 11 is 0. The van der Waals surface area contributed by atoms with E-state index < -0.39 is 0 Å². The quantitative estimate of drug-likeness (QED) is 0.912. The molecular formula is C18H24N2O. The van der Waals surface area contributed by atoms with Gasteiger partial charge >= 0.3 is 0 Å². The SMILES string of the molecule is CNCC1CCN(C/C=C/c2cc3ccccc3o2)CC1. The van der Waals surface area contributed by atoms with Gasteiger partial charge in [0, 0.05) is 11.9 Å². The van der Waals surface area contributed by atoms with Crippen LogP contribution in [-0.4, -0.2) is 38.1 Å². The smallest absolute Gasteiger partial charge is 0.134 e. The first kappa shape index (κ1) is 14.4. The van der Waals surface area contributed by atoms with E-state index in [9.17, 15) is 0 Å². The largest absolute Gasteiger partial charge is 0.457 e. The minimum absolute atomic E-state index is 0.852. The average molecular weight is 284 g/mol. The van der Waals surface area contributed by atoms with Gasteiger partial charge in [0.2, 0.25) is 0 Å². The number of para-hydroxylation sites is 1. The van der Waals surface area contributed by atoms with Crippen LogP contribution in [0.25, 0.3) is 17.0 Å². The van der Waals surface area contributed by atoms with Gasteiger partial charge in [-0.05, 0) is 63.7 Å². The van der Waals surface area contributed by atoms with Crippen LogP contribution >= 0.6 is 0 Å². The number of likely N-dealkylation sites (tertiary alicyclic amines) is 1. The Bertz CT molecular complexity index is 561. The first-order valence-corrected chi connectivity index (χ1v) is 7.87. The second-order valence-electron chi connectivity index (χ2n) is 5.89. The van der Waals surface area contributed by atoms with E-state index in [1.165, 1.54) is 31.3 Å². The molecule has 1 aromatic heterocycles. The highest BCUT2D eigenvalue weighted by molar-refractivity contribution is 5.79. The van der Waals surface area contributed by atoms with Crippen molar-refractivity contribution in [3.8, 4) is 0 Å². The first-order chi connectivity index (χ1) is 10.3. The molecule has 3 nitrogen and oxygen atoms in total. The summed E-state index contributed by atoms with van der Waals surface area (Å²) in [7, 11) is 2.04. The number of piperidine rings is 1. The lowest BCUT2D eigenvalue weighted by Crippen LogP contribution is -2.36. The molecule has 1 saturated heterocycles. The second kappa shape index (κ2) is 6.92. The normalized spacial score (nSPS) is 18.0. The van der Waals surface area contributed by atoms with Gasteiger partial charge < -0.3 is 9.73 Å². The molecule has 1 fully saturated rings. The van der Waals surface area contributed by atoms with Crippen LogP contribution < -0.4 is 5.32 Å². The van der Waals surface area contributed by atoms with Gasteiger partial charge in [0.15, 0.2) is 0 Å². The van der Waals surface area contributed by atoms with Crippen LogP contribution in [0.4, 0.5) is 0 Å². The van der Waals surface area contributed by atoms with Crippen LogP contribution in [0.1, 0.15) is 18.6 Å². The van der Waals surface area contributed by atoms with Crippen molar-refractivity contribution in [2.45, 2.75) is 12.8 Å². The maximum atomic E-state index is 5.79. The molecule has 1 aliphatic heterocycles. The summed E-state index contributed by atoms with van der Waals surface area (Å²) in [6.07, 6.45) is 6.93. The molecule has 0 bridgehead atoms. The Kier molecular flexibility index (Phi) is 4.73. The maximum absolute atomic E-state index is 5.79. The van der Waals surface area contributed by atoms with Crippen molar-refractivity contribution in [2.24, 2.45) is 5.92 Å². The molecule has 3 heteroatoms. The highest BCUT2D eigenvalue weighted by Gasteiger charge is 2.17. The van der Waals surface area contributed by atoms with Crippen molar-refractivity contribution >= 4 is 17.0 Å². The highest BCUT2D eigenvalue weighted by Crippen LogP contribution is 2.20. The zero-order valence-corrected chi connectivity index (χ0v) is 12.7. The Morgan fingerprint density at radius 2 is 2.10 bits per heavy atom. The Balaban J connectivity index is 1.51. The van der Waals surface area contributed by atoms with Gasteiger partial charge in [-0.15, -0.1) is 0 Å². The number of nitrogens with zero attached hydrogens (tertiary/aromatic N) is 1. The van der Waals surface area contributed by atoms with E-state index in [1.54, 1.807) is 0 Å².